The minimum absolute atomic E-state index is 0.256. The van der Waals surface area contributed by atoms with Crippen molar-refractivity contribution in [1.29, 1.82) is 5.26 Å². The fraction of sp³-hybridized carbons (Fsp3) is 0.933. The molecular weight excluding hydrogens is 222 g/mol. The van der Waals surface area contributed by atoms with E-state index in [1.807, 2.05) is 0 Å². The maximum Gasteiger partial charge on any atom is 0.122 e. The Kier molecular flexibility index (Phi) is 3.11. The first kappa shape index (κ1) is 12.4. The van der Waals surface area contributed by atoms with Gasteiger partial charge in [-0.25, -0.2) is 0 Å². The minimum Gasteiger partial charge on any atom is -0.303 e. The van der Waals surface area contributed by atoms with Gasteiger partial charge in [-0.05, 0) is 56.9 Å². The molecule has 3 fully saturated rings. The van der Waals surface area contributed by atoms with Crippen molar-refractivity contribution in [2.24, 2.45) is 17.8 Å². The van der Waals surface area contributed by atoms with Crippen molar-refractivity contribution in [1.82, 2.24) is 10.2 Å². The average Bonchev–Trinajstić information content (AvgIpc) is 3.15. The highest BCUT2D eigenvalue weighted by Crippen LogP contribution is 2.43. The topological polar surface area (TPSA) is 39.1 Å². The summed E-state index contributed by atoms with van der Waals surface area (Å²) in [6.07, 6.45) is 6.38. The smallest absolute Gasteiger partial charge is 0.122 e. The largest absolute Gasteiger partial charge is 0.303 e. The highest BCUT2D eigenvalue weighted by molar-refractivity contribution is 5.18. The number of nitriles is 1. The number of nitrogens with zero attached hydrogens (tertiary/aromatic N) is 2. The van der Waals surface area contributed by atoms with Crippen LogP contribution in [-0.2, 0) is 0 Å². The zero-order valence-electron chi connectivity index (χ0n) is 11.7. The van der Waals surface area contributed by atoms with Gasteiger partial charge in [0.1, 0.15) is 5.54 Å². The molecule has 0 aliphatic heterocycles. The second kappa shape index (κ2) is 4.51. The van der Waals surface area contributed by atoms with Crippen molar-refractivity contribution in [3.8, 4) is 6.07 Å². The first-order valence-electron chi connectivity index (χ1n) is 7.50. The third-order valence-corrected chi connectivity index (χ3v) is 4.85. The maximum absolute atomic E-state index is 9.68. The molecule has 3 saturated carbocycles. The Morgan fingerprint density at radius 2 is 2.00 bits per heavy atom. The molecule has 3 heteroatoms. The van der Waals surface area contributed by atoms with Gasteiger partial charge >= 0.3 is 0 Å². The number of nitrogens with one attached hydrogen (secondary N) is 1. The van der Waals surface area contributed by atoms with Gasteiger partial charge in [-0.15, -0.1) is 0 Å². The van der Waals surface area contributed by atoms with E-state index in [1.165, 1.54) is 38.6 Å². The lowest BCUT2D eigenvalue weighted by atomic mass is 9.93. The molecule has 3 nitrogen and oxygen atoms in total. The summed E-state index contributed by atoms with van der Waals surface area (Å²) in [7, 11) is 2.19. The molecule has 0 heterocycles. The quantitative estimate of drug-likeness (QED) is 0.748. The Hall–Kier alpha value is -0.590. The summed E-state index contributed by atoms with van der Waals surface area (Å²) < 4.78 is 0. The second-order valence-corrected chi connectivity index (χ2v) is 6.95. The van der Waals surface area contributed by atoms with Crippen molar-refractivity contribution >= 4 is 0 Å². The summed E-state index contributed by atoms with van der Waals surface area (Å²) in [4.78, 5) is 2.39. The summed E-state index contributed by atoms with van der Waals surface area (Å²) in [5.74, 6) is 2.38. The lowest BCUT2D eigenvalue weighted by Gasteiger charge is -2.33. The van der Waals surface area contributed by atoms with Gasteiger partial charge in [0.05, 0.1) is 6.07 Å². The number of rotatable bonds is 7. The third-order valence-electron chi connectivity index (χ3n) is 4.85. The predicted octanol–water partition coefficient (Wildman–Crippen LogP) is 2.00. The van der Waals surface area contributed by atoms with Crippen molar-refractivity contribution < 1.29 is 0 Å². The highest BCUT2D eigenvalue weighted by Gasteiger charge is 2.49. The molecule has 3 atom stereocenters. The molecule has 0 bridgehead atoms. The van der Waals surface area contributed by atoms with E-state index >= 15 is 0 Å². The van der Waals surface area contributed by atoms with E-state index in [2.05, 4.69) is 30.3 Å². The molecule has 3 aliphatic carbocycles. The van der Waals surface area contributed by atoms with Crippen molar-refractivity contribution in [3.63, 3.8) is 0 Å². The third kappa shape index (κ3) is 2.70. The zero-order valence-corrected chi connectivity index (χ0v) is 11.7. The molecule has 3 unspecified atom stereocenters. The van der Waals surface area contributed by atoms with Gasteiger partial charge in [-0.2, -0.15) is 5.26 Å². The van der Waals surface area contributed by atoms with Gasteiger partial charge in [0.25, 0.3) is 0 Å². The average molecular weight is 247 g/mol. The summed E-state index contributed by atoms with van der Waals surface area (Å²) in [6, 6.07) is 3.26. The van der Waals surface area contributed by atoms with E-state index in [0.717, 1.165) is 18.4 Å². The van der Waals surface area contributed by atoms with Crippen LogP contribution in [0.4, 0.5) is 0 Å². The number of hydrogen-bond acceptors (Lipinski definition) is 3. The fourth-order valence-corrected chi connectivity index (χ4v) is 3.16. The molecule has 0 aromatic carbocycles. The van der Waals surface area contributed by atoms with Gasteiger partial charge in [0, 0.05) is 19.1 Å². The Bertz CT molecular complexity index is 353. The van der Waals surface area contributed by atoms with Crippen LogP contribution in [0.5, 0.6) is 0 Å². The zero-order chi connectivity index (χ0) is 12.8. The lowest BCUT2D eigenvalue weighted by molar-refractivity contribution is 0.218. The molecule has 0 saturated heterocycles. The Labute approximate surface area is 111 Å². The summed E-state index contributed by atoms with van der Waals surface area (Å²) >= 11 is 0. The first-order valence-corrected chi connectivity index (χ1v) is 7.50. The van der Waals surface area contributed by atoms with Crippen LogP contribution in [0.25, 0.3) is 0 Å². The molecule has 18 heavy (non-hydrogen) atoms. The van der Waals surface area contributed by atoms with Crippen LogP contribution in [0.1, 0.15) is 39.0 Å². The van der Waals surface area contributed by atoms with E-state index in [-0.39, 0.29) is 5.54 Å². The molecule has 0 amide bonds. The second-order valence-electron chi connectivity index (χ2n) is 6.95. The van der Waals surface area contributed by atoms with E-state index in [9.17, 15) is 5.26 Å². The van der Waals surface area contributed by atoms with Crippen LogP contribution < -0.4 is 5.32 Å². The summed E-state index contributed by atoms with van der Waals surface area (Å²) in [6.45, 7) is 4.41. The molecule has 3 rings (SSSR count). The van der Waals surface area contributed by atoms with Crippen LogP contribution >= 0.6 is 0 Å². The summed E-state index contributed by atoms with van der Waals surface area (Å²) in [5.41, 5.74) is -0.256. The van der Waals surface area contributed by atoms with Crippen molar-refractivity contribution in [3.05, 3.63) is 0 Å². The molecule has 0 aromatic heterocycles. The van der Waals surface area contributed by atoms with E-state index in [4.69, 9.17) is 0 Å². The van der Waals surface area contributed by atoms with Crippen LogP contribution in [0.2, 0.25) is 0 Å². The molecule has 0 spiro atoms. The molecule has 0 aromatic rings. The lowest BCUT2D eigenvalue weighted by Crippen LogP contribution is -2.54. The fourth-order valence-electron chi connectivity index (χ4n) is 3.16. The van der Waals surface area contributed by atoms with Gasteiger partial charge < -0.3 is 4.90 Å². The number of hydrogen-bond donors (Lipinski definition) is 1. The van der Waals surface area contributed by atoms with Crippen LogP contribution in [0.15, 0.2) is 0 Å². The molecule has 0 radical (unpaired) electrons. The molecule has 1 N–H and O–H groups in total. The Morgan fingerprint density at radius 1 is 1.33 bits per heavy atom. The van der Waals surface area contributed by atoms with Gasteiger partial charge in [0.15, 0.2) is 0 Å². The van der Waals surface area contributed by atoms with Crippen molar-refractivity contribution in [2.45, 2.75) is 50.6 Å². The SMILES string of the molecule is CC1CC1CN(C)CC(C#N)(NC1CC1)C1CC1. The number of likely N-dealkylation sites (N-methyl/N-ethyl adjacent to an activating group) is 1. The minimum atomic E-state index is -0.256. The first-order chi connectivity index (χ1) is 8.63. The maximum atomic E-state index is 9.68. The normalized spacial score (nSPS) is 34.1. The van der Waals surface area contributed by atoms with Gasteiger partial charge in [-0.1, -0.05) is 6.92 Å². The molecular formula is C15H25N3. The van der Waals surface area contributed by atoms with Crippen molar-refractivity contribution in [2.75, 3.05) is 20.1 Å². The summed E-state index contributed by atoms with van der Waals surface area (Å²) in [5, 5.41) is 13.3. The molecule has 3 aliphatic rings. The van der Waals surface area contributed by atoms with Crippen LogP contribution in [-0.4, -0.2) is 36.6 Å². The van der Waals surface area contributed by atoms with Gasteiger partial charge in [0.2, 0.25) is 0 Å². The Morgan fingerprint density at radius 3 is 2.44 bits per heavy atom. The van der Waals surface area contributed by atoms with Crippen LogP contribution in [0.3, 0.4) is 0 Å². The van der Waals surface area contributed by atoms with Gasteiger partial charge in [-0.3, -0.25) is 5.32 Å². The standard InChI is InChI=1S/C15H25N3/c1-11-7-12(11)8-18(2)10-15(9-16,13-3-4-13)17-14-5-6-14/h11-14,17H,3-8,10H2,1-2H3. The van der Waals surface area contributed by atoms with Crippen LogP contribution in [0, 0.1) is 29.1 Å². The van der Waals surface area contributed by atoms with E-state index in [1.54, 1.807) is 0 Å². The highest BCUT2D eigenvalue weighted by atomic mass is 15.2. The molecule has 100 valence electrons. The Balaban J connectivity index is 1.59. The van der Waals surface area contributed by atoms with E-state index < -0.39 is 0 Å². The van der Waals surface area contributed by atoms with E-state index in [0.29, 0.717) is 12.0 Å². The predicted molar refractivity (Wildman–Crippen MR) is 72.0 cm³/mol. The monoisotopic (exact) mass is 247 g/mol.